The highest BCUT2D eigenvalue weighted by molar-refractivity contribution is 5.77. The molecule has 19 heavy (non-hydrogen) atoms. The number of benzene rings is 1. The number of nitrogens with zero attached hydrogens (tertiary/aromatic N) is 1. The van der Waals surface area contributed by atoms with Gasteiger partial charge in [0.25, 0.3) is 0 Å². The van der Waals surface area contributed by atoms with Gasteiger partial charge in [0.05, 0.1) is 18.0 Å². The first-order valence-electron chi connectivity index (χ1n) is 5.18. The van der Waals surface area contributed by atoms with E-state index >= 15 is 0 Å². The molecule has 5 N–H and O–H groups in total. The van der Waals surface area contributed by atoms with Crippen molar-refractivity contribution in [3.05, 3.63) is 35.4 Å². The molecule has 1 rings (SSSR count). The van der Waals surface area contributed by atoms with Crippen molar-refractivity contribution in [1.29, 1.82) is 0 Å². The summed E-state index contributed by atoms with van der Waals surface area (Å²) in [5.41, 5.74) is 9.79. The number of guanidine groups is 1. The number of nitrogens with two attached hydrogens (primary N) is 2. The summed E-state index contributed by atoms with van der Waals surface area (Å²) in [7, 11) is 0. The van der Waals surface area contributed by atoms with Crippen LogP contribution in [0.5, 0.6) is 0 Å². The maximum Gasteiger partial charge on any atom is 0.416 e. The first-order valence-corrected chi connectivity index (χ1v) is 5.18. The fraction of sp³-hybridized carbons (Fsp3) is 0.273. The molecule has 0 saturated heterocycles. The van der Waals surface area contributed by atoms with Gasteiger partial charge < -0.3 is 16.6 Å². The van der Waals surface area contributed by atoms with Crippen LogP contribution in [0.3, 0.4) is 0 Å². The molecule has 0 aliphatic carbocycles. The average Bonchev–Trinajstić information content (AvgIpc) is 2.26. The minimum atomic E-state index is -4.45. The van der Waals surface area contributed by atoms with E-state index < -0.39 is 30.2 Å². The van der Waals surface area contributed by atoms with Gasteiger partial charge in [-0.2, -0.15) is 13.2 Å². The fourth-order valence-corrected chi connectivity index (χ4v) is 1.48. The molecule has 0 saturated carbocycles. The fourth-order valence-electron chi connectivity index (χ4n) is 1.48. The zero-order valence-electron chi connectivity index (χ0n) is 9.69. The summed E-state index contributed by atoms with van der Waals surface area (Å²) in [6.07, 6.45) is -4.86. The number of halogens is 3. The highest BCUT2D eigenvalue weighted by Crippen LogP contribution is 2.31. The maximum atomic E-state index is 12.4. The molecule has 1 aromatic carbocycles. The number of alkyl halides is 3. The topological polar surface area (TPSA) is 102 Å². The molecule has 0 heterocycles. The zero-order chi connectivity index (χ0) is 14.6. The van der Waals surface area contributed by atoms with Crippen LogP contribution in [0.25, 0.3) is 0 Å². The van der Waals surface area contributed by atoms with Crippen molar-refractivity contribution in [1.82, 2.24) is 0 Å². The number of carbonyl (C=O) groups is 1. The molecule has 8 heteroatoms. The molecule has 0 aromatic heterocycles. The van der Waals surface area contributed by atoms with E-state index in [2.05, 4.69) is 4.99 Å². The van der Waals surface area contributed by atoms with Crippen LogP contribution >= 0.6 is 0 Å². The highest BCUT2D eigenvalue weighted by atomic mass is 19.4. The van der Waals surface area contributed by atoms with Gasteiger partial charge in [-0.25, -0.2) is 4.99 Å². The Balaban J connectivity index is 3.04. The molecule has 1 atom stereocenters. The first kappa shape index (κ1) is 14.8. The number of rotatable bonds is 4. The molecule has 0 fully saturated rings. The molecule has 0 amide bonds. The van der Waals surface area contributed by atoms with Gasteiger partial charge in [0.2, 0.25) is 0 Å². The Morgan fingerprint density at radius 2 is 1.79 bits per heavy atom. The lowest BCUT2D eigenvalue weighted by Gasteiger charge is -2.12. The smallest absolute Gasteiger partial charge is 0.416 e. The van der Waals surface area contributed by atoms with Crippen molar-refractivity contribution < 1.29 is 23.1 Å². The van der Waals surface area contributed by atoms with Crippen molar-refractivity contribution in [2.45, 2.75) is 18.6 Å². The van der Waals surface area contributed by atoms with Crippen LogP contribution < -0.4 is 11.5 Å². The summed E-state index contributed by atoms with van der Waals surface area (Å²) >= 11 is 0. The van der Waals surface area contributed by atoms with Gasteiger partial charge in [-0.3, -0.25) is 4.79 Å². The predicted molar refractivity (Wildman–Crippen MR) is 62.2 cm³/mol. The summed E-state index contributed by atoms with van der Waals surface area (Å²) in [6.45, 7) is 0. The van der Waals surface area contributed by atoms with Crippen LogP contribution in [0.1, 0.15) is 23.6 Å². The van der Waals surface area contributed by atoms with Gasteiger partial charge in [0.1, 0.15) is 0 Å². The Kier molecular flexibility index (Phi) is 4.36. The molecule has 0 radical (unpaired) electrons. The highest BCUT2D eigenvalue weighted by Gasteiger charge is 2.30. The molecule has 1 unspecified atom stereocenters. The third-order valence-corrected chi connectivity index (χ3v) is 2.30. The van der Waals surface area contributed by atoms with E-state index in [1.165, 1.54) is 0 Å². The van der Waals surface area contributed by atoms with Crippen LogP contribution in [0.2, 0.25) is 0 Å². The molecule has 0 spiro atoms. The van der Waals surface area contributed by atoms with Crippen LogP contribution in [-0.4, -0.2) is 17.0 Å². The van der Waals surface area contributed by atoms with E-state index in [-0.39, 0.29) is 5.96 Å². The van der Waals surface area contributed by atoms with E-state index in [0.717, 1.165) is 24.3 Å². The van der Waals surface area contributed by atoms with Crippen molar-refractivity contribution in [3.8, 4) is 0 Å². The Labute approximate surface area is 106 Å². The zero-order valence-corrected chi connectivity index (χ0v) is 9.69. The van der Waals surface area contributed by atoms with Crippen LogP contribution in [-0.2, 0) is 11.0 Å². The molecular formula is C11H12F3N3O2. The Morgan fingerprint density at radius 1 is 1.26 bits per heavy atom. The third-order valence-electron chi connectivity index (χ3n) is 2.30. The van der Waals surface area contributed by atoms with Gasteiger partial charge >= 0.3 is 12.1 Å². The van der Waals surface area contributed by atoms with Crippen LogP contribution in [0, 0.1) is 0 Å². The number of hydrogen-bond donors (Lipinski definition) is 3. The lowest BCUT2D eigenvalue weighted by atomic mass is 10.0. The second kappa shape index (κ2) is 5.59. The van der Waals surface area contributed by atoms with Crippen molar-refractivity contribution in [2.75, 3.05) is 0 Å². The Hall–Kier alpha value is -2.25. The van der Waals surface area contributed by atoms with Gasteiger partial charge in [0, 0.05) is 0 Å². The van der Waals surface area contributed by atoms with E-state index in [0.29, 0.717) is 5.56 Å². The van der Waals surface area contributed by atoms with E-state index in [4.69, 9.17) is 16.6 Å². The number of aliphatic carboxylic acids is 1. The van der Waals surface area contributed by atoms with Crippen LogP contribution in [0.15, 0.2) is 29.3 Å². The van der Waals surface area contributed by atoms with Gasteiger partial charge in [-0.15, -0.1) is 0 Å². The van der Waals surface area contributed by atoms with E-state index in [9.17, 15) is 18.0 Å². The second-order valence-corrected chi connectivity index (χ2v) is 3.79. The van der Waals surface area contributed by atoms with Crippen LogP contribution in [0.4, 0.5) is 13.2 Å². The Bertz CT molecular complexity index is 479. The largest absolute Gasteiger partial charge is 0.481 e. The van der Waals surface area contributed by atoms with Gasteiger partial charge in [-0.1, -0.05) is 12.1 Å². The molecule has 1 aromatic rings. The van der Waals surface area contributed by atoms with E-state index in [1.54, 1.807) is 0 Å². The summed E-state index contributed by atoms with van der Waals surface area (Å²) in [5.74, 6) is -1.49. The quantitative estimate of drug-likeness (QED) is 0.572. The number of carboxylic acids is 1. The minimum absolute atomic E-state index is 0.295. The first-order chi connectivity index (χ1) is 8.70. The van der Waals surface area contributed by atoms with Gasteiger partial charge in [-0.05, 0) is 17.7 Å². The van der Waals surface area contributed by atoms with Gasteiger partial charge in [0.15, 0.2) is 5.96 Å². The predicted octanol–water partition coefficient (Wildman–Crippen LogP) is 1.49. The SMILES string of the molecule is NC(N)=NC(CC(=O)O)c1ccc(C(F)(F)F)cc1. The summed E-state index contributed by atoms with van der Waals surface area (Å²) in [6, 6.07) is 3.11. The molecule has 0 aliphatic heterocycles. The Morgan fingerprint density at radius 3 is 2.16 bits per heavy atom. The number of hydrogen-bond acceptors (Lipinski definition) is 2. The lowest BCUT2D eigenvalue weighted by molar-refractivity contribution is -0.138. The summed E-state index contributed by atoms with van der Waals surface area (Å²) in [5, 5.41) is 8.71. The minimum Gasteiger partial charge on any atom is -0.481 e. The standard InChI is InChI=1S/C11H12F3N3O2/c12-11(13,14)7-3-1-6(2-4-7)8(5-9(18)19)17-10(15)16/h1-4,8H,5H2,(H,18,19)(H4,15,16,17). The molecule has 0 bridgehead atoms. The average molecular weight is 275 g/mol. The summed E-state index contributed by atoms with van der Waals surface area (Å²) < 4.78 is 37.1. The number of aliphatic imine (C=N–C) groups is 1. The number of carboxylic acid groups (broad SMARTS) is 1. The van der Waals surface area contributed by atoms with Crippen molar-refractivity contribution in [2.24, 2.45) is 16.5 Å². The third kappa shape index (κ3) is 4.49. The molecule has 5 nitrogen and oxygen atoms in total. The summed E-state index contributed by atoms with van der Waals surface area (Å²) in [4.78, 5) is 14.3. The molecule has 0 aliphatic rings. The van der Waals surface area contributed by atoms with Crippen molar-refractivity contribution >= 4 is 11.9 Å². The monoisotopic (exact) mass is 275 g/mol. The normalized spacial score (nSPS) is 12.8. The van der Waals surface area contributed by atoms with E-state index in [1.807, 2.05) is 0 Å². The van der Waals surface area contributed by atoms with Crippen molar-refractivity contribution in [3.63, 3.8) is 0 Å². The second-order valence-electron chi connectivity index (χ2n) is 3.79. The maximum absolute atomic E-state index is 12.4. The molecule has 104 valence electrons. The lowest BCUT2D eigenvalue weighted by Crippen LogP contribution is -2.24. The molecular weight excluding hydrogens is 263 g/mol.